The van der Waals surface area contributed by atoms with E-state index in [9.17, 15) is 0 Å². The van der Waals surface area contributed by atoms with Gasteiger partial charge in [0.1, 0.15) is 5.58 Å². The standard InChI is InChI=1S/C22H19NO/c1-16(14-15-17-8-3-2-4-9-17)23-20-12-7-11-19-18-10-5-6-13-21(18)24-22(19)20/h2-14,23H,15H2,1H3/b16-14-. The third-order valence-electron chi connectivity index (χ3n) is 4.22. The number of anilines is 1. The highest BCUT2D eigenvalue weighted by Gasteiger charge is 2.09. The Morgan fingerprint density at radius 2 is 1.62 bits per heavy atom. The normalized spacial score (nSPS) is 12.0. The highest BCUT2D eigenvalue weighted by Crippen LogP contribution is 2.33. The second-order valence-electron chi connectivity index (χ2n) is 5.98. The Balaban J connectivity index is 1.64. The van der Waals surface area contributed by atoms with Crippen LogP contribution in [0, 0.1) is 0 Å². The first-order chi connectivity index (χ1) is 11.8. The van der Waals surface area contributed by atoms with Crippen molar-refractivity contribution in [3.63, 3.8) is 0 Å². The molecule has 24 heavy (non-hydrogen) atoms. The third kappa shape index (κ3) is 2.79. The van der Waals surface area contributed by atoms with Gasteiger partial charge >= 0.3 is 0 Å². The average molecular weight is 313 g/mol. The fraction of sp³-hybridized carbons (Fsp3) is 0.0909. The molecule has 4 aromatic rings. The smallest absolute Gasteiger partial charge is 0.158 e. The molecule has 0 spiro atoms. The van der Waals surface area contributed by atoms with Crippen LogP contribution in [0.2, 0.25) is 0 Å². The number of hydrogen-bond donors (Lipinski definition) is 1. The van der Waals surface area contributed by atoms with E-state index in [0.717, 1.165) is 39.7 Å². The largest absolute Gasteiger partial charge is 0.454 e. The van der Waals surface area contributed by atoms with Gasteiger partial charge in [-0.1, -0.05) is 66.7 Å². The lowest BCUT2D eigenvalue weighted by Crippen LogP contribution is -1.96. The van der Waals surface area contributed by atoms with E-state index >= 15 is 0 Å². The van der Waals surface area contributed by atoms with Crippen molar-refractivity contribution in [1.82, 2.24) is 0 Å². The third-order valence-corrected chi connectivity index (χ3v) is 4.22. The molecule has 1 heterocycles. The summed E-state index contributed by atoms with van der Waals surface area (Å²) in [6.45, 7) is 2.09. The van der Waals surface area contributed by atoms with Crippen LogP contribution in [0.5, 0.6) is 0 Å². The van der Waals surface area contributed by atoms with Crippen molar-refractivity contribution in [1.29, 1.82) is 0 Å². The van der Waals surface area contributed by atoms with Gasteiger partial charge < -0.3 is 9.73 Å². The van der Waals surface area contributed by atoms with E-state index < -0.39 is 0 Å². The summed E-state index contributed by atoms with van der Waals surface area (Å²) in [5.74, 6) is 0. The predicted octanol–water partition coefficient (Wildman–Crippen LogP) is 6.14. The summed E-state index contributed by atoms with van der Waals surface area (Å²) in [5, 5.41) is 5.78. The van der Waals surface area contributed by atoms with E-state index in [-0.39, 0.29) is 0 Å². The van der Waals surface area contributed by atoms with E-state index in [1.807, 2.05) is 24.3 Å². The van der Waals surface area contributed by atoms with Crippen molar-refractivity contribution in [3.05, 3.63) is 90.1 Å². The number of hydrogen-bond acceptors (Lipinski definition) is 2. The molecule has 3 aromatic carbocycles. The molecule has 0 aliphatic heterocycles. The highest BCUT2D eigenvalue weighted by molar-refractivity contribution is 6.08. The van der Waals surface area contributed by atoms with Crippen LogP contribution in [0.4, 0.5) is 5.69 Å². The van der Waals surface area contributed by atoms with Gasteiger partial charge in [0.25, 0.3) is 0 Å². The Bertz CT molecular complexity index is 1010. The van der Waals surface area contributed by atoms with Crippen molar-refractivity contribution in [3.8, 4) is 0 Å². The SMILES string of the molecule is C/C(=C/Cc1ccccc1)Nc1cccc2c1oc1ccccc12. The first-order valence-corrected chi connectivity index (χ1v) is 8.19. The molecular formula is C22H19NO. The quantitative estimate of drug-likeness (QED) is 0.489. The number of rotatable bonds is 4. The molecular weight excluding hydrogens is 294 g/mol. The minimum atomic E-state index is 0.908. The van der Waals surface area contributed by atoms with Crippen LogP contribution in [0.15, 0.2) is 89.0 Å². The fourth-order valence-electron chi connectivity index (χ4n) is 2.99. The molecule has 0 saturated heterocycles. The number of nitrogens with one attached hydrogen (secondary N) is 1. The van der Waals surface area contributed by atoms with Gasteiger partial charge in [-0.2, -0.15) is 0 Å². The van der Waals surface area contributed by atoms with Crippen molar-refractivity contribution in [2.24, 2.45) is 0 Å². The summed E-state index contributed by atoms with van der Waals surface area (Å²) >= 11 is 0. The molecule has 4 rings (SSSR count). The molecule has 1 N–H and O–H groups in total. The van der Waals surface area contributed by atoms with Gasteiger partial charge in [0.2, 0.25) is 0 Å². The summed E-state index contributed by atoms with van der Waals surface area (Å²) < 4.78 is 6.06. The van der Waals surface area contributed by atoms with E-state index in [2.05, 4.69) is 66.8 Å². The van der Waals surface area contributed by atoms with E-state index in [0.29, 0.717) is 0 Å². The highest BCUT2D eigenvalue weighted by atomic mass is 16.3. The second-order valence-corrected chi connectivity index (χ2v) is 5.98. The number of benzene rings is 3. The van der Waals surface area contributed by atoms with Crippen LogP contribution < -0.4 is 5.32 Å². The lowest BCUT2D eigenvalue weighted by atomic mass is 10.1. The summed E-state index contributed by atoms with van der Waals surface area (Å²) in [6, 6.07) is 24.9. The molecule has 118 valence electrons. The van der Waals surface area contributed by atoms with Crippen LogP contribution in [-0.2, 0) is 6.42 Å². The fourth-order valence-corrected chi connectivity index (χ4v) is 2.99. The average Bonchev–Trinajstić information content (AvgIpc) is 3.01. The number of fused-ring (bicyclic) bond motifs is 3. The van der Waals surface area contributed by atoms with Crippen LogP contribution in [0.1, 0.15) is 12.5 Å². The second kappa shape index (κ2) is 6.25. The summed E-state index contributed by atoms with van der Waals surface area (Å²) in [7, 11) is 0. The van der Waals surface area contributed by atoms with Crippen molar-refractivity contribution >= 4 is 27.6 Å². The van der Waals surface area contributed by atoms with Crippen molar-refractivity contribution in [2.45, 2.75) is 13.3 Å². The maximum atomic E-state index is 6.06. The van der Waals surface area contributed by atoms with Gasteiger partial charge in [-0.25, -0.2) is 0 Å². The van der Waals surface area contributed by atoms with Gasteiger partial charge in [0.15, 0.2) is 5.58 Å². The first kappa shape index (κ1) is 14.6. The van der Waals surface area contributed by atoms with Gasteiger partial charge in [-0.3, -0.25) is 0 Å². The minimum absolute atomic E-state index is 0.908. The molecule has 0 atom stereocenters. The van der Waals surface area contributed by atoms with E-state index in [1.54, 1.807) is 0 Å². The van der Waals surface area contributed by atoms with Gasteiger partial charge in [0.05, 0.1) is 5.69 Å². The van der Waals surface area contributed by atoms with Crippen molar-refractivity contribution in [2.75, 3.05) is 5.32 Å². The van der Waals surface area contributed by atoms with Gasteiger partial charge in [0, 0.05) is 16.5 Å². The Morgan fingerprint density at radius 3 is 2.50 bits per heavy atom. The van der Waals surface area contributed by atoms with Crippen LogP contribution >= 0.6 is 0 Å². The zero-order chi connectivity index (χ0) is 16.4. The lowest BCUT2D eigenvalue weighted by Gasteiger charge is -2.07. The monoisotopic (exact) mass is 313 g/mol. The molecule has 0 fully saturated rings. The zero-order valence-corrected chi connectivity index (χ0v) is 13.6. The molecule has 0 aliphatic carbocycles. The van der Waals surface area contributed by atoms with Crippen molar-refractivity contribution < 1.29 is 4.42 Å². The molecule has 0 bridgehead atoms. The molecule has 0 radical (unpaired) electrons. The van der Waals surface area contributed by atoms with E-state index in [4.69, 9.17) is 4.42 Å². The number of allylic oxidation sites excluding steroid dienone is 2. The number of para-hydroxylation sites is 2. The Morgan fingerprint density at radius 1 is 0.875 bits per heavy atom. The first-order valence-electron chi connectivity index (χ1n) is 8.19. The van der Waals surface area contributed by atoms with Crippen LogP contribution in [0.25, 0.3) is 21.9 Å². The molecule has 2 heteroatoms. The lowest BCUT2D eigenvalue weighted by molar-refractivity contribution is 0.670. The molecule has 2 nitrogen and oxygen atoms in total. The maximum absolute atomic E-state index is 6.06. The topological polar surface area (TPSA) is 25.2 Å². The van der Waals surface area contributed by atoms with Crippen LogP contribution in [-0.4, -0.2) is 0 Å². The van der Waals surface area contributed by atoms with Gasteiger partial charge in [-0.05, 0) is 31.0 Å². The molecule has 0 unspecified atom stereocenters. The summed E-state index contributed by atoms with van der Waals surface area (Å²) in [5.41, 5.74) is 5.26. The Labute approximate surface area is 141 Å². The van der Waals surface area contributed by atoms with Crippen LogP contribution in [0.3, 0.4) is 0 Å². The molecule has 0 saturated carbocycles. The summed E-state index contributed by atoms with van der Waals surface area (Å²) in [6.07, 6.45) is 3.12. The zero-order valence-electron chi connectivity index (χ0n) is 13.6. The molecule has 0 aliphatic rings. The van der Waals surface area contributed by atoms with Gasteiger partial charge in [-0.15, -0.1) is 0 Å². The minimum Gasteiger partial charge on any atom is -0.454 e. The summed E-state index contributed by atoms with van der Waals surface area (Å²) in [4.78, 5) is 0. The Kier molecular flexibility index (Phi) is 3.80. The molecule has 1 aromatic heterocycles. The molecule has 0 amide bonds. The predicted molar refractivity (Wildman–Crippen MR) is 101 cm³/mol. The number of furan rings is 1. The maximum Gasteiger partial charge on any atom is 0.158 e. The Hall–Kier alpha value is -3.00. The van der Waals surface area contributed by atoms with E-state index in [1.165, 1.54) is 5.56 Å².